The maximum absolute atomic E-state index is 12.4. The average molecular weight is 331 g/mol. The Bertz CT molecular complexity index is 785. The number of nitrogens with one attached hydrogen (secondary N) is 2. The molecule has 24 heavy (non-hydrogen) atoms. The number of nitro benzene ring substituents is 1. The maximum atomic E-state index is 12.4. The topological polar surface area (TPSA) is 108 Å². The van der Waals surface area contributed by atoms with Gasteiger partial charge in [-0.05, 0) is 24.5 Å². The molecule has 1 aromatic carbocycles. The van der Waals surface area contributed by atoms with E-state index in [0.717, 1.165) is 30.3 Å². The van der Waals surface area contributed by atoms with Crippen molar-refractivity contribution in [3.05, 3.63) is 40.1 Å². The summed E-state index contributed by atoms with van der Waals surface area (Å²) in [5.41, 5.74) is 1.24. The number of H-pyrrole nitrogens is 1. The minimum atomic E-state index is -0.443. The molecule has 1 heterocycles. The lowest BCUT2D eigenvalue weighted by molar-refractivity contribution is -0.384. The first-order valence-electron chi connectivity index (χ1n) is 8.07. The van der Waals surface area contributed by atoms with E-state index in [1.807, 2.05) is 6.92 Å². The predicted octanol–water partition coefficient (Wildman–Crippen LogP) is 2.29. The summed E-state index contributed by atoms with van der Waals surface area (Å²) in [5, 5.41) is 24.2. The Morgan fingerprint density at radius 2 is 2.33 bits per heavy atom. The second-order valence-corrected chi connectivity index (χ2v) is 6.80. The Hall–Kier alpha value is -2.41. The molecule has 1 aromatic heterocycles. The van der Waals surface area contributed by atoms with Crippen LogP contribution in [0.15, 0.2) is 24.4 Å². The van der Waals surface area contributed by atoms with Gasteiger partial charge in [-0.1, -0.05) is 13.3 Å². The molecule has 7 heteroatoms. The lowest BCUT2D eigenvalue weighted by Crippen LogP contribution is -2.45. The van der Waals surface area contributed by atoms with Gasteiger partial charge in [0.25, 0.3) is 5.69 Å². The van der Waals surface area contributed by atoms with E-state index < -0.39 is 4.92 Å². The van der Waals surface area contributed by atoms with Crippen LogP contribution in [0.25, 0.3) is 10.9 Å². The zero-order chi connectivity index (χ0) is 17.3. The molecule has 128 valence electrons. The summed E-state index contributed by atoms with van der Waals surface area (Å²) in [6.07, 6.45) is 4.62. The van der Waals surface area contributed by atoms with Crippen molar-refractivity contribution in [3.8, 4) is 0 Å². The van der Waals surface area contributed by atoms with E-state index >= 15 is 0 Å². The molecule has 2 atom stereocenters. The molecule has 1 aliphatic rings. The van der Waals surface area contributed by atoms with Crippen LogP contribution in [0.3, 0.4) is 0 Å². The van der Waals surface area contributed by atoms with Crippen LogP contribution in [-0.2, 0) is 11.2 Å². The Balaban J connectivity index is 1.76. The van der Waals surface area contributed by atoms with Crippen LogP contribution >= 0.6 is 0 Å². The summed E-state index contributed by atoms with van der Waals surface area (Å²) in [7, 11) is 0. The van der Waals surface area contributed by atoms with Crippen molar-refractivity contribution < 1.29 is 14.8 Å². The van der Waals surface area contributed by atoms with Crippen LogP contribution in [-0.4, -0.2) is 33.6 Å². The zero-order valence-electron chi connectivity index (χ0n) is 13.5. The number of aromatic nitrogens is 1. The Kier molecular flexibility index (Phi) is 4.28. The van der Waals surface area contributed by atoms with Crippen molar-refractivity contribution in [1.82, 2.24) is 10.3 Å². The van der Waals surface area contributed by atoms with Gasteiger partial charge in [-0.25, -0.2) is 0 Å². The smallest absolute Gasteiger partial charge is 0.270 e. The van der Waals surface area contributed by atoms with Gasteiger partial charge in [0.1, 0.15) is 0 Å². The molecule has 7 nitrogen and oxygen atoms in total. The fraction of sp³-hybridized carbons (Fsp3) is 0.471. The van der Waals surface area contributed by atoms with E-state index in [9.17, 15) is 20.0 Å². The van der Waals surface area contributed by atoms with Crippen LogP contribution in [0.5, 0.6) is 0 Å². The third kappa shape index (κ3) is 2.99. The summed E-state index contributed by atoms with van der Waals surface area (Å²) < 4.78 is 0. The lowest BCUT2D eigenvalue weighted by atomic mass is 9.85. The third-order valence-corrected chi connectivity index (χ3v) is 5.09. The van der Waals surface area contributed by atoms with Crippen LogP contribution in [0.4, 0.5) is 5.69 Å². The monoisotopic (exact) mass is 331 g/mol. The highest BCUT2D eigenvalue weighted by Crippen LogP contribution is 2.37. The molecule has 3 N–H and O–H groups in total. The largest absolute Gasteiger partial charge is 0.396 e. The van der Waals surface area contributed by atoms with Crippen LogP contribution in [0.1, 0.15) is 31.7 Å². The van der Waals surface area contributed by atoms with Gasteiger partial charge in [-0.15, -0.1) is 0 Å². The molecule has 1 saturated carbocycles. The van der Waals surface area contributed by atoms with Crippen molar-refractivity contribution in [2.45, 2.75) is 38.6 Å². The van der Waals surface area contributed by atoms with Gasteiger partial charge in [-0.3, -0.25) is 14.9 Å². The number of carbonyl (C=O) groups is 1. The second-order valence-electron chi connectivity index (χ2n) is 6.80. The van der Waals surface area contributed by atoms with Crippen molar-refractivity contribution in [2.24, 2.45) is 5.41 Å². The molecule has 0 aliphatic heterocycles. The van der Waals surface area contributed by atoms with Crippen LogP contribution in [0, 0.1) is 15.5 Å². The van der Waals surface area contributed by atoms with Gasteiger partial charge in [0, 0.05) is 40.7 Å². The standard InChI is InChI=1S/C17H21N3O4/c1-17(10-21)6-2-3-15(17)19-16(22)7-11-9-18-14-5-4-12(20(23)24)8-13(11)14/h4-5,8-9,15,18,21H,2-3,6-7,10H2,1H3,(H,19,22). The molecule has 2 aromatic rings. The Morgan fingerprint density at radius 1 is 1.54 bits per heavy atom. The summed E-state index contributed by atoms with van der Waals surface area (Å²) in [4.78, 5) is 25.9. The first-order valence-corrected chi connectivity index (χ1v) is 8.07. The van der Waals surface area contributed by atoms with Crippen molar-refractivity contribution >= 4 is 22.5 Å². The van der Waals surface area contributed by atoms with E-state index in [1.165, 1.54) is 12.1 Å². The molecule has 1 amide bonds. The highest BCUT2D eigenvalue weighted by Gasteiger charge is 2.39. The number of benzene rings is 1. The summed E-state index contributed by atoms with van der Waals surface area (Å²) in [6, 6.07) is 4.54. The average Bonchev–Trinajstić information content (AvgIpc) is 3.12. The third-order valence-electron chi connectivity index (χ3n) is 5.09. The molecule has 0 radical (unpaired) electrons. The number of aromatic amines is 1. The first-order chi connectivity index (χ1) is 11.4. The predicted molar refractivity (Wildman–Crippen MR) is 89.6 cm³/mol. The van der Waals surface area contributed by atoms with E-state index in [0.29, 0.717) is 5.39 Å². The molecule has 0 bridgehead atoms. The van der Waals surface area contributed by atoms with E-state index in [-0.39, 0.29) is 36.1 Å². The molecule has 0 saturated heterocycles. The minimum Gasteiger partial charge on any atom is -0.396 e. The molecular formula is C17H21N3O4. The fourth-order valence-electron chi connectivity index (χ4n) is 3.51. The van der Waals surface area contributed by atoms with Gasteiger partial charge in [0.05, 0.1) is 18.0 Å². The number of nitrogens with zero attached hydrogens (tertiary/aromatic N) is 1. The minimum absolute atomic E-state index is 0.00686. The number of hydrogen-bond acceptors (Lipinski definition) is 4. The number of aliphatic hydroxyl groups is 1. The molecule has 1 aliphatic carbocycles. The quantitative estimate of drug-likeness (QED) is 0.577. The van der Waals surface area contributed by atoms with Crippen molar-refractivity contribution in [1.29, 1.82) is 0 Å². The molecule has 3 rings (SSSR count). The van der Waals surface area contributed by atoms with Gasteiger partial charge < -0.3 is 15.4 Å². The van der Waals surface area contributed by atoms with E-state index in [4.69, 9.17) is 0 Å². The van der Waals surface area contributed by atoms with Gasteiger partial charge in [-0.2, -0.15) is 0 Å². The molecule has 2 unspecified atom stereocenters. The Morgan fingerprint density at radius 3 is 3.04 bits per heavy atom. The highest BCUT2D eigenvalue weighted by atomic mass is 16.6. The van der Waals surface area contributed by atoms with Crippen molar-refractivity contribution in [3.63, 3.8) is 0 Å². The SMILES string of the molecule is CC1(CO)CCCC1NC(=O)Cc1c[nH]c2ccc([N+](=O)[O-])cc12. The zero-order valence-corrected chi connectivity index (χ0v) is 13.5. The summed E-state index contributed by atoms with van der Waals surface area (Å²) in [5.74, 6) is -0.131. The Labute approximate surface area is 139 Å². The van der Waals surface area contributed by atoms with Gasteiger partial charge in [0.15, 0.2) is 0 Å². The number of carbonyl (C=O) groups excluding carboxylic acids is 1. The molecule has 1 fully saturated rings. The number of hydrogen-bond donors (Lipinski definition) is 3. The van der Waals surface area contributed by atoms with Crippen LogP contribution < -0.4 is 5.32 Å². The number of amides is 1. The number of non-ortho nitro benzene ring substituents is 1. The van der Waals surface area contributed by atoms with Gasteiger partial charge >= 0.3 is 0 Å². The van der Waals surface area contributed by atoms with Gasteiger partial charge in [0.2, 0.25) is 5.91 Å². The lowest BCUT2D eigenvalue weighted by Gasteiger charge is -2.30. The van der Waals surface area contributed by atoms with E-state index in [1.54, 1.807) is 12.3 Å². The molecule has 0 spiro atoms. The highest BCUT2D eigenvalue weighted by molar-refractivity contribution is 5.90. The first kappa shape index (κ1) is 16.4. The number of rotatable bonds is 5. The van der Waals surface area contributed by atoms with Crippen molar-refractivity contribution in [2.75, 3.05) is 6.61 Å². The summed E-state index contributed by atoms with van der Waals surface area (Å²) in [6.45, 7) is 2.04. The number of nitro groups is 1. The normalized spacial score (nSPS) is 23.5. The maximum Gasteiger partial charge on any atom is 0.270 e. The summed E-state index contributed by atoms with van der Waals surface area (Å²) >= 11 is 0. The second kappa shape index (κ2) is 6.24. The number of aliphatic hydroxyl groups excluding tert-OH is 1. The number of fused-ring (bicyclic) bond motifs is 1. The van der Waals surface area contributed by atoms with Crippen LogP contribution in [0.2, 0.25) is 0 Å². The molecular weight excluding hydrogens is 310 g/mol. The van der Waals surface area contributed by atoms with E-state index in [2.05, 4.69) is 10.3 Å². The fourth-order valence-corrected chi connectivity index (χ4v) is 3.51.